The molecule has 2 amide bonds. The van der Waals surface area contributed by atoms with E-state index in [1.54, 1.807) is 16.7 Å². The van der Waals surface area contributed by atoms with E-state index in [1.165, 1.54) is 11.3 Å². The topological polar surface area (TPSA) is 71.4 Å². The van der Waals surface area contributed by atoms with Gasteiger partial charge in [-0.1, -0.05) is 24.3 Å². The number of carbonyl (C=O) groups is 2. The smallest absolute Gasteiger partial charge is 0.274 e. The molecule has 7 heteroatoms. The number of benzene rings is 1. The minimum atomic E-state index is -0.265. The fourth-order valence-corrected chi connectivity index (χ4v) is 5.18. The van der Waals surface area contributed by atoms with E-state index in [4.69, 9.17) is 0 Å². The number of rotatable bonds is 3. The summed E-state index contributed by atoms with van der Waals surface area (Å²) in [6.45, 7) is 1.80. The molecule has 3 aromatic rings. The molecule has 0 saturated carbocycles. The summed E-state index contributed by atoms with van der Waals surface area (Å²) in [5.41, 5.74) is 1.77. The van der Waals surface area contributed by atoms with Crippen molar-refractivity contribution < 1.29 is 9.59 Å². The molecule has 1 saturated heterocycles. The van der Waals surface area contributed by atoms with Gasteiger partial charge in [0.1, 0.15) is 5.69 Å². The van der Waals surface area contributed by atoms with Crippen molar-refractivity contribution in [1.29, 1.82) is 0 Å². The fraction of sp³-hybridized carbons (Fsp3) is 0.261. The molecule has 1 aromatic carbocycles. The number of thiophene rings is 1. The van der Waals surface area contributed by atoms with Gasteiger partial charge in [-0.25, -0.2) is 0 Å². The van der Waals surface area contributed by atoms with E-state index in [0.29, 0.717) is 35.8 Å². The largest absolute Gasteiger partial charge is 0.338 e. The first kappa shape index (κ1) is 18.8. The molecule has 2 aliphatic heterocycles. The number of anilines is 1. The van der Waals surface area contributed by atoms with Gasteiger partial charge in [0.2, 0.25) is 0 Å². The van der Waals surface area contributed by atoms with E-state index >= 15 is 0 Å². The molecule has 1 N–H and O–H groups in total. The lowest BCUT2D eigenvalue weighted by molar-refractivity contribution is 0.0594. The van der Waals surface area contributed by atoms with Crippen LogP contribution in [0.25, 0.3) is 0 Å². The molecule has 152 valence electrons. The van der Waals surface area contributed by atoms with Gasteiger partial charge < -0.3 is 14.8 Å². The number of hydrogen-bond donors (Lipinski definition) is 1. The average Bonchev–Trinajstić information content (AvgIpc) is 3.31. The summed E-state index contributed by atoms with van der Waals surface area (Å²) in [5, 5.41) is 4.58. The lowest BCUT2D eigenvalue weighted by Crippen LogP contribution is -2.49. The van der Waals surface area contributed by atoms with Crippen LogP contribution in [0.2, 0.25) is 0 Å². The molecule has 2 aromatic heterocycles. The van der Waals surface area contributed by atoms with Gasteiger partial charge in [-0.2, -0.15) is 0 Å². The molecular weight excluding hydrogens is 398 g/mol. The van der Waals surface area contributed by atoms with E-state index in [-0.39, 0.29) is 29.2 Å². The number of hydrogen-bond acceptors (Lipinski definition) is 4. The summed E-state index contributed by atoms with van der Waals surface area (Å²) in [5.74, 6) is 0.129. The highest BCUT2D eigenvalue weighted by molar-refractivity contribution is 7.12. The quantitative estimate of drug-likeness (QED) is 0.707. The van der Waals surface area contributed by atoms with Crippen molar-refractivity contribution in [2.24, 2.45) is 5.92 Å². The summed E-state index contributed by atoms with van der Waals surface area (Å²) in [6, 6.07) is 16.5. The van der Waals surface area contributed by atoms with Crippen LogP contribution in [0.15, 0.2) is 64.8 Å². The minimum Gasteiger partial charge on any atom is -0.338 e. The van der Waals surface area contributed by atoms with Crippen molar-refractivity contribution >= 4 is 28.8 Å². The van der Waals surface area contributed by atoms with E-state index < -0.39 is 0 Å². The van der Waals surface area contributed by atoms with Gasteiger partial charge in [0, 0.05) is 36.8 Å². The molecule has 30 heavy (non-hydrogen) atoms. The van der Waals surface area contributed by atoms with Crippen molar-refractivity contribution in [2.75, 3.05) is 18.4 Å². The Morgan fingerprint density at radius 2 is 1.80 bits per heavy atom. The molecule has 0 spiro atoms. The number of likely N-dealkylation sites (tertiary alicyclic amines) is 1. The van der Waals surface area contributed by atoms with Gasteiger partial charge in [0.15, 0.2) is 0 Å². The second kappa shape index (κ2) is 7.57. The maximum absolute atomic E-state index is 13.1. The third kappa shape index (κ3) is 3.35. The fourth-order valence-electron chi connectivity index (χ4n) is 4.56. The third-order valence-corrected chi connectivity index (χ3v) is 6.77. The van der Waals surface area contributed by atoms with Gasteiger partial charge in [-0.3, -0.25) is 14.4 Å². The van der Waals surface area contributed by atoms with Crippen molar-refractivity contribution in [3.63, 3.8) is 0 Å². The van der Waals surface area contributed by atoms with Crippen LogP contribution in [0.3, 0.4) is 0 Å². The van der Waals surface area contributed by atoms with Crippen molar-refractivity contribution in [3.05, 3.63) is 86.5 Å². The maximum Gasteiger partial charge on any atom is 0.274 e. The number of pyridine rings is 1. The Balaban J connectivity index is 1.39. The Morgan fingerprint density at radius 1 is 0.967 bits per heavy atom. The molecule has 6 nitrogen and oxygen atoms in total. The van der Waals surface area contributed by atoms with Gasteiger partial charge in [-0.05, 0) is 48.1 Å². The standard InChI is InChI=1S/C23H21N3O3S/c27-21(20-7-4-10-30-20)24-18-8-9-19-17-11-15(13-26(19)23(18)29)12-25(14-17)22(28)16-5-2-1-3-6-16/h1-10,15,17H,11-14H2,(H,24,27)/t15-,17+/m0/s1. The third-order valence-electron chi connectivity index (χ3n) is 5.91. The van der Waals surface area contributed by atoms with Crippen LogP contribution < -0.4 is 10.9 Å². The molecule has 0 radical (unpaired) electrons. The van der Waals surface area contributed by atoms with Gasteiger partial charge in [0.25, 0.3) is 17.4 Å². The summed E-state index contributed by atoms with van der Waals surface area (Å²) in [4.78, 5) is 40.8. The lowest BCUT2D eigenvalue weighted by Gasteiger charge is -2.43. The number of nitrogens with one attached hydrogen (secondary N) is 1. The Hall–Kier alpha value is -3.19. The van der Waals surface area contributed by atoms with Crippen LogP contribution >= 0.6 is 11.3 Å². The van der Waals surface area contributed by atoms with Crippen LogP contribution in [-0.2, 0) is 6.54 Å². The first-order valence-electron chi connectivity index (χ1n) is 10.0. The molecule has 0 aliphatic carbocycles. The molecule has 0 unspecified atom stereocenters. The first-order chi connectivity index (χ1) is 14.6. The highest BCUT2D eigenvalue weighted by atomic mass is 32.1. The van der Waals surface area contributed by atoms with E-state index in [2.05, 4.69) is 5.32 Å². The average molecular weight is 420 g/mol. The lowest BCUT2D eigenvalue weighted by atomic mass is 9.83. The number of carbonyl (C=O) groups excluding carboxylic acids is 2. The Bertz CT molecular complexity index is 1150. The van der Waals surface area contributed by atoms with Crippen LogP contribution in [0.5, 0.6) is 0 Å². The van der Waals surface area contributed by atoms with Crippen LogP contribution in [-0.4, -0.2) is 34.4 Å². The first-order valence-corrected chi connectivity index (χ1v) is 10.9. The zero-order chi connectivity index (χ0) is 20.7. The van der Waals surface area contributed by atoms with Gasteiger partial charge >= 0.3 is 0 Å². The Morgan fingerprint density at radius 3 is 2.57 bits per heavy atom. The normalized spacial score (nSPS) is 19.8. The number of nitrogens with zero attached hydrogens (tertiary/aromatic N) is 2. The molecule has 2 atom stereocenters. The predicted molar refractivity (Wildman–Crippen MR) is 116 cm³/mol. The predicted octanol–water partition coefficient (Wildman–Crippen LogP) is 3.42. The molecule has 1 fully saturated rings. The van der Waals surface area contributed by atoms with Crippen LogP contribution in [0.1, 0.15) is 38.1 Å². The van der Waals surface area contributed by atoms with E-state index in [9.17, 15) is 14.4 Å². The van der Waals surface area contributed by atoms with Crippen molar-refractivity contribution in [2.45, 2.75) is 18.9 Å². The zero-order valence-corrected chi connectivity index (χ0v) is 17.1. The van der Waals surface area contributed by atoms with Crippen LogP contribution in [0, 0.1) is 5.92 Å². The number of amides is 2. The monoisotopic (exact) mass is 419 g/mol. The van der Waals surface area contributed by atoms with E-state index in [0.717, 1.165) is 12.1 Å². The van der Waals surface area contributed by atoms with Gasteiger partial charge in [0.05, 0.1) is 4.88 Å². The zero-order valence-electron chi connectivity index (χ0n) is 16.3. The van der Waals surface area contributed by atoms with Crippen molar-refractivity contribution in [3.8, 4) is 0 Å². The summed E-state index contributed by atoms with van der Waals surface area (Å²) in [7, 11) is 0. The number of fused-ring (bicyclic) bond motifs is 4. The molecular formula is C23H21N3O3S. The minimum absolute atomic E-state index is 0.0425. The Labute approximate surface area is 177 Å². The number of aromatic nitrogens is 1. The molecule has 2 bridgehead atoms. The summed E-state index contributed by atoms with van der Waals surface area (Å²) < 4.78 is 1.78. The SMILES string of the molecule is O=C(Nc1ccc2n(c1=O)C[C@H]1C[C@@H]2CN(C(=O)c2ccccc2)C1)c1cccs1. The summed E-state index contributed by atoms with van der Waals surface area (Å²) >= 11 is 1.34. The number of piperidine rings is 1. The summed E-state index contributed by atoms with van der Waals surface area (Å²) in [6.07, 6.45) is 0.971. The molecule has 4 heterocycles. The van der Waals surface area contributed by atoms with Crippen LogP contribution in [0.4, 0.5) is 5.69 Å². The second-order valence-corrected chi connectivity index (χ2v) is 8.84. The Kier molecular flexibility index (Phi) is 4.75. The van der Waals surface area contributed by atoms with Gasteiger partial charge in [-0.15, -0.1) is 11.3 Å². The second-order valence-electron chi connectivity index (χ2n) is 7.89. The van der Waals surface area contributed by atoms with Crippen molar-refractivity contribution in [1.82, 2.24) is 9.47 Å². The maximum atomic E-state index is 13.1. The highest BCUT2D eigenvalue weighted by Crippen LogP contribution is 2.36. The molecule has 5 rings (SSSR count). The highest BCUT2D eigenvalue weighted by Gasteiger charge is 2.37. The molecule has 2 aliphatic rings. The van der Waals surface area contributed by atoms with E-state index in [1.807, 2.05) is 52.7 Å².